The molecule has 2 atom stereocenters. The summed E-state index contributed by atoms with van der Waals surface area (Å²) in [5.74, 6) is 0.285. The first-order chi connectivity index (χ1) is 10.2. The number of likely N-dealkylation sites (tertiary alicyclic amines) is 1. The summed E-state index contributed by atoms with van der Waals surface area (Å²) in [6.07, 6.45) is 2.07. The van der Waals surface area contributed by atoms with Gasteiger partial charge in [0.25, 0.3) is 5.91 Å². The topological polar surface area (TPSA) is 54.5 Å². The Balaban J connectivity index is 2.43. The Morgan fingerprint density at radius 1 is 1.18 bits per heavy atom. The third-order valence-corrected chi connectivity index (χ3v) is 6.63. The molecule has 1 aliphatic rings. The van der Waals surface area contributed by atoms with Crippen molar-refractivity contribution in [3.8, 4) is 0 Å². The zero-order valence-corrected chi connectivity index (χ0v) is 14.6. The largest absolute Gasteiger partial charge is 0.336 e. The van der Waals surface area contributed by atoms with E-state index in [2.05, 4.69) is 6.92 Å². The highest BCUT2D eigenvalue weighted by Crippen LogP contribution is 2.27. The summed E-state index contributed by atoms with van der Waals surface area (Å²) in [6, 6.07) is 6.72. The van der Waals surface area contributed by atoms with E-state index in [9.17, 15) is 13.2 Å². The van der Waals surface area contributed by atoms with Gasteiger partial charge in [0.15, 0.2) is 9.84 Å². The molecule has 5 heteroatoms. The number of sulfone groups is 1. The number of carbonyl (C=O) groups excluding carboxylic acids is 1. The van der Waals surface area contributed by atoms with E-state index in [1.165, 1.54) is 0 Å². The van der Waals surface area contributed by atoms with E-state index in [0.29, 0.717) is 18.0 Å². The van der Waals surface area contributed by atoms with Crippen molar-refractivity contribution >= 4 is 15.7 Å². The molecule has 1 aliphatic heterocycles. The third kappa shape index (κ3) is 3.19. The highest BCUT2D eigenvalue weighted by molar-refractivity contribution is 7.92. The van der Waals surface area contributed by atoms with Crippen molar-refractivity contribution in [1.29, 1.82) is 0 Å². The van der Waals surface area contributed by atoms with E-state index < -0.39 is 15.1 Å². The minimum absolute atomic E-state index is 0.151. The Morgan fingerprint density at radius 2 is 1.82 bits per heavy atom. The Kier molecular flexibility index (Phi) is 4.95. The maximum Gasteiger partial charge on any atom is 0.255 e. The molecule has 1 fully saturated rings. The van der Waals surface area contributed by atoms with Gasteiger partial charge in [-0.1, -0.05) is 19.1 Å². The molecule has 0 radical (unpaired) electrons. The Bertz CT molecular complexity index is 652. The van der Waals surface area contributed by atoms with Crippen LogP contribution in [0.15, 0.2) is 29.2 Å². The molecule has 122 valence electrons. The maximum atomic E-state index is 12.9. The summed E-state index contributed by atoms with van der Waals surface area (Å²) in [6.45, 7) is 8.13. The van der Waals surface area contributed by atoms with Crippen LogP contribution in [0.1, 0.15) is 50.9 Å². The number of carbonyl (C=O) groups is 1. The van der Waals surface area contributed by atoms with Crippen LogP contribution in [0.25, 0.3) is 0 Å². The standard InChI is InChI=1S/C17H25NO3S/c1-12(2)22(20,21)16-8-6-5-7-15(16)17(19)18-11-13(3)9-10-14(18)4/h5-8,12-14H,9-11H2,1-4H3. The zero-order chi connectivity index (χ0) is 16.5. The molecule has 0 spiro atoms. The van der Waals surface area contributed by atoms with E-state index in [4.69, 9.17) is 0 Å². The van der Waals surface area contributed by atoms with Crippen LogP contribution in [0.5, 0.6) is 0 Å². The van der Waals surface area contributed by atoms with E-state index in [-0.39, 0.29) is 16.8 Å². The first-order valence-corrected chi connectivity index (χ1v) is 9.43. The fourth-order valence-corrected chi connectivity index (χ4v) is 4.11. The summed E-state index contributed by atoms with van der Waals surface area (Å²) in [5, 5.41) is -0.542. The average Bonchev–Trinajstić information content (AvgIpc) is 2.49. The molecule has 0 N–H and O–H groups in total. The van der Waals surface area contributed by atoms with Crippen molar-refractivity contribution in [1.82, 2.24) is 4.90 Å². The molecular weight excluding hydrogens is 298 g/mol. The van der Waals surface area contributed by atoms with Crippen molar-refractivity contribution in [2.45, 2.75) is 56.7 Å². The van der Waals surface area contributed by atoms with Crippen LogP contribution in [0.3, 0.4) is 0 Å². The van der Waals surface area contributed by atoms with Crippen LogP contribution >= 0.6 is 0 Å². The molecule has 0 bridgehead atoms. The second-order valence-electron chi connectivity index (χ2n) is 6.58. The molecule has 1 aromatic carbocycles. The van der Waals surface area contributed by atoms with Gasteiger partial charge >= 0.3 is 0 Å². The lowest BCUT2D eigenvalue weighted by molar-refractivity contribution is 0.0570. The summed E-state index contributed by atoms with van der Waals surface area (Å²) >= 11 is 0. The van der Waals surface area contributed by atoms with E-state index in [1.807, 2.05) is 11.8 Å². The monoisotopic (exact) mass is 323 g/mol. The van der Waals surface area contributed by atoms with Crippen molar-refractivity contribution in [3.63, 3.8) is 0 Å². The van der Waals surface area contributed by atoms with Crippen LogP contribution in [0.4, 0.5) is 0 Å². The molecule has 1 heterocycles. The van der Waals surface area contributed by atoms with Gasteiger partial charge in [-0.25, -0.2) is 8.42 Å². The molecule has 22 heavy (non-hydrogen) atoms. The Labute approximate surface area is 133 Å². The van der Waals surface area contributed by atoms with Gasteiger partial charge in [0.05, 0.1) is 15.7 Å². The first kappa shape index (κ1) is 17.0. The van der Waals surface area contributed by atoms with Crippen molar-refractivity contribution in [3.05, 3.63) is 29.8 Å². The normalized spacial score (nSPS) is 22.9. The quantitative estimate of drug-likeness (QED) is 0.859. The average molecular weight is 323 g/mol. The van der Waals surface area contributed by atoms with Gasteiger partial charge in [-0.2, -0.15) is 0 Å². The van der Waals surface area contributed by atoms with E-state index in [0.717, 1.165) is 12.8 Å². The van der Waals surface area contributed by atoms with E-state index >= 15 is 0 Å². The van der Waals surface area contributed by atoms with Gasteiger partial charge in [-0.15, -0.1) is 0 Å². The van der Waals surface area contributed by atoms with Crippen molar-refractivity contribution in [2.75, 3.05) is 6.54 Å². The molecule has 0 saturated carbocycles. The van der Waals surface area contributed by atoms with Crippen molar-refractivity contribution in [2.24, 2.45) is 5.92 Å². The summed E-state index contributed by atoms with van der Waals surface area (Å²) < 4.78 is 25.0. The Hall–Kier alpha value is -1.36. The predicted molar refractivity (Wildman–Crippen MR) is 87.7 cm³/mol. The number of piperidine rings is 1. The molecular formula is C17H25NO3S. The lowest BCUT2D eigenvalue weighted by Gasteiger charge is -2.37. The number of hydrogen-bond acceptors (Lipinski definition) is 3. The summed E-state index contributed by atoms with van der Waals surface area (Å²) in [4.78, 5) is 14.9. The lowest BCUT2D eigenvalue weighted by atomic mass is 9.94. The molecule has 1 saturated heterocycles. The molecule has 4 nitrogen and oxygen atoms in total. The second kappa shape index (κ2) is 6.41. The van der Waals surface area contributed by atoms with E-state index in [1.54, 1.807) is 38.1 Å². The summed E-state index contributed by atoms with van der Waals surface area (Å²) in [5.41, 5.74) is 0.303. The molecule has 2 unspecified atom stereocenters. The number of amides is 1. The fourth-order valence-electron chi connectivity index (χ4n) is 2.87. The molecule has 0 aliphatic carbocycles. The lowest BCUT2D eigenvalue weighted by Crippen LogP contribution is -2.45. The number of rotatable bonds is 3. The van der Waals surface area contributed by atoms with Gasteiger partial charge in [0.1, 0.15) is 0 Å². The minimum atomic E-state index is -3.47. The highest BCUT2D eigenvalue weighted by atomic mass is 32.2. The number of nitrogens with zero attached hydrogens (tertiary/aromatic N) is 1. The smallest absolute Gasteiger partial charge is 0.255 e. The van der Waals surface area contributed by atoms with Crippen LogP contribution in [0.2, 0.25) is 0 Å². The molecule has 1 aromatic rings. The maximum absolute atomic E-state index is 12.9. The van der Waals surface area contributed by atoms with Crippen LogP contribution in [0, 0.1) is 5.92 Å². The van der Waals surface area contributed by atoms with Crippen LogP contribution < -0.4 is 0 Å². The second-order valence-corrected chi connectivity index (χ2v) is 9.05. The molecule has 0 aromatic heterocycles. The first-order valence-electron chi connectivity index (χ1n) is 7.89. The highest BCUT2D eigenvalue weighted by Gasteiger charge is 2.31. The fraction of sp³-hybridized carbons (Fsp3) is 0.588. The SMILES string of the molecule is CC1CCC(C)N(C(=O)c2ccccc2S(=O)(=O)C(C)C)C1. The van der Waals surface area contributed by atoms with Gasteiger partial charge < -0.3 is 4.90 Å². The number of hydrogen-bond donors (Lipinski definition) is 0. The van der Waals surface area contributed by atoms with Crippen molar-refractivity contribution < 1.29 is 13.2 Å². The molecule has 2 rings (SSSR count). The van der Waals surface area contributed by atoms with Crippen LogP contribution in [-0.4, -0.2) is 37.1 Å². The van der Waals surface area contributed by atoms with Crippen LogP contribution in [-0.2, 0) is 9.84 Å². The summed E-state index contributed by atoms with van der Waals surface area (Å²) in [7, 11) is -3.47. The van der Waals surface area contributed by atoms with Gasteiger partial charge in [-0.05, 0) is 51.7 Å². The minimum Gasteiger partial charge on any atom is -0.336 e. The molecule has 1 amide bonds. The van der Waals surface area contributed by atoms with Gasteiger partial charge in [0.2, 0.25) is 0 Å². The Morgan fingerprint density at radius 3 is 2.45 bits per heavy atom. The van der Waals surface area contributed by atoms with Gasteiger partial charge in [0, 0.05) is 12.6 Å². The predicted octanol–water partition coefficient (Wildman–Crippen LogP) is 3.13. The number of benzene rings is 1. The zero-order valence-electron chi connectivity index (χ0n) is 13.7. The van der Waals surface area contributed by atoms with Gasteiger partial charge in [-0.3, -0.25) is 4.79 Å². The third-order valence-electron chi connectivity index (χ3n) is 4.42.